The average Bonchev–Trinajstić information content (AvgIpc) is 2.65. The molecule has 94 valence electrons. The van der Waals surface area contributed by atoms with Crippen molar-refractivity contribution in [2.75, 3.05) is 26.2 Å². The Morgan fingerprint density at radius 1 is 1.69 bits per heavy atom. The fourth-order valence-electron chi connectivity index (χ4n) is 1.91. The summed E-state index contributed by atoms with van der Waals surface area (Å²) in [6.07, 6.45) is 1.54. The molecule has 1 N–H and O–H groups in total. The van der Waals surface area contributed by atoms with Gasteiger partial charge in [-0.3, -0.25) is 4.79 Å². The topological polar surface area (TPSA) is 47.6 Å². The van der Waals surface area contributed by atoms with Crippen LogP contribution in [0.15, 0.2) is 0 Å². The molecule has 1 saturated heterocycles. The summed E-state index contributed by atoms with van der Waals surface area (Å²) in [6.45, 7) is 3.11. The maximum absolute atomic E-state index is 11.9. The van der Waals surface area contributed by atoms with E-state index in [1.807, 2.05) is 6.92 Å². The van der Waals surface area contributed by atoms with E-state index in [0.29, 0.717) is 19.1 Å². The fourth-order valence-corrected chi connectivity index (χ4v) is 2.18. The zero-order chi connectivity index (χ0) is 12.0. The van der Waals surface area contributed by atoms with Crippen molar-refractivity contribution in [2.45, 2.75) is 31.9 Å². The lowest BCUT2D eigenvalue weighted by Gasteiger charge is -2.20. The van der Waals surface area contributed by atoms with Gasteiger partial charge in [-0.15, -0.1) is 11.6 Å². The van der Waals surface area contributed by atoms with Crippen molar-refractivity contribution < 1.29 is 14.3 Å². The third-order valence-corrected chi connectivity index (χ3v) is 3.10. The Labute approximate surface area is 102 Å². The van der Waals surface area contributed by atoms with E-state index in [9.17, 15) is 4.79 Å². The quantitative estimate of drug-likeness (QED) is 0.719. The molecule has 1 amide bonds. The first-order valence-corrected chi connectivity index (χ1v) is 6.19. The van der Waals surface area contributed by atoms with E-state index < -0.39 is 0 Å². The summed E-state index contributed by atoms with van der Waals surface area (Å²) in [4.78, 5) is 11.9. The number of rotatable bonds is 6. The van der Waals surface area contributed by atoms with Gasteiger partial charge in [-0.05, 0) is 19.8 Å². The Morgan fingerprint density at radius 2 is 2.44 bits per heavy atom. The zero-order valence-electron chi connectivity index (χ0n) is 9.87. The molecular weight excluding hydrogens is 230 g/mol. The second-order valence-corrected chi connectivity index (χ2v) is 4.49. The Morgan fingerprint density at radius 3 is 2.94 bits per heavy atom. The van der Waals surface area contributed by atoms with Crippen molar-refractivity contribution >= 4 is 17.5 Å². The minimum absolute atomic E-state index is 0.00259. The van der Waals surface area contributed by atoms with Crippen LogP contribution in [0.25, 0.3) is 0 Å². The number of nitrogens with one attached hydrogen (secondary N) is 1. The monoisotopic (exact) mass is 249 g/mol. The van der Waals surface area contributed by atoms with Gasteiger partial charge in [-0.1, -0.05) is 0 Å². The van der Waals surface area contributed by atoms with Gasteiger partial charge in [0.15, 0.2) is 0 Å². The van der Waals surface area contributed by atoms with Gasteiger partial charge in [0.1, 0.15) is 0 Å². The van der Waals surface area contributed by atoms with Crippen LogP contribution in [0.1, 0.15) is 19.8 Å². The van der Waals surface area contributed by atoms with Gasteiger partial charge in [0.05, 0.1) is 24.7 Å². The first-order valence-electron chi connectivity index (χ1n) is 5.66. The number of hydrogen-bond donors (Lipinski definition) is 1. The Hall–Kier alpha value is -0.320. The van der Waals surface area contributed by atoms with Crippen molar-refractivity contribution in [1.29, 1.82) is 0 Å². The van der Waals surface area contributed by atoms with Gasteiger partial charge in [0.2, 0.25) is 5.91 Å². The minimum atomic E-state index is -0.0327. The van der Waals surface area contributed by atoms with E-state index in [0.717, 1.165) is 12.8 Å². The van der Waals surface area contributed by atoms with Crippen LogP contribution in [0, 0.1) is 5.92 Å². The summed E-state index contributed by atoms with van der Waals surface area (Å²) in [5, 5.41) is 2.96. The van der Waals surface area contributed by atoms with Crippen LogP contribution in [0.2, 0.25) is 0 Å². The molecule has 4 nitrogen and oxygen atoms in total. The van der Waals surface area contributed by atoms with Crippen molar-refractivity contribution in [2.24, 2.45) is 5.92 Å². The molecule has 0 bridgehead atoms. The molecule has 0 saturated carbocycles. The number of amides is 1. The third kappa shape index (κ3) is 3.92. The highest BCUT2D eigenvalue weighted by atomic mass is 35.5. The highest BCUT2D eigenvalue weighted by Gasteiger charge is 2.31. The van der Waals surface area contributed by atoms with E-state index in [1.54, 1.807) is 7.11 Å². The summed E-state index contributed by atoms with van der Waals surface area (Å²) in [6, 6.07) is 0.00259. The summed E-state index contributed by atoms with van der Waals surface area (Å²) >= 11 is 5.67. The van der Waals surface area contributed by atoms with Crippen LogP contribution in [-0.2, 0) is 14.3 Å². The highest BCUT2D eigenvalue weighted by molar-refractivity contribution is 6.17. The largest absolute Gasteiger partial charge is 0.383 e. The van der Waals surface area contributed by atoms with Crippen LogP contribution in [0.3, 0.4) is 0 Å². The molecule has 5 heteroatoms. The number of ether oxygens (including phenoxy) is 2. The molecule has 3 unspecified atom stereocenters. The van der Waals surface area contributed by atoms with E-state index in [-0.39, 0.29) is 24.0 Å². The predicted octanol–water partition coefficient (Wildman–Crippen LogP) is 1.17. The Kier molecular flexibility index (Phi) is 6.09. The molecular formula is C11H20ClNO3. The van der Waals surface area contributed by atoms with E-state index >= 15 is 0 Å². The van der Waals surface area contributed by atoms with Gasteiger partial charge >= 0.3 is 0 Å². The molecule has 1 rings (SSSR count). The second kappa shape index (κ2) is 7.09. The molecule has 1 aliphatic heterocycles. The SMILES string of the molecule is COCC(CCCl)NC(=O)C1CCOC1C. The van der Waals surface area contributed by atoms with Crippen molar-refractivity contribution in [3.63, 3.8) is 0 Å². The number of carbonyl (C=O) groups excluding carboxylic acids is 1. The normalized spacial score (nSPS) is 26.7. The summed E-state index contributed by atoms with van der Waals surface area (Å²) in [7, 11) is 1.62. The first-order chi connectivity index (χ1) is 7.69. The molecule has 0 aliphatic carbocycles. The van der Waals surface area contributed by atoms with Gasteiger partial charge in [-0.2, -0.15) is 0 Å². The molecule has 0 spiro atoms. The van der Waals surface area contributed by atoms with Crippen LogP contribution in [0.5, 0.6) is 0 Å². The lowest BCUT2D eigenvalue weighted by molar-refractivity contribution is -0.127. The van der Waals surface area contributed by atoms with Gasteiger partial charge in [0, 0.05) is 19.6 Å². The van der Waals surface area contributed by atoms with E-state index in [2.05, 4.69) is 5.32 Å². The smallest absolute Gasteiger partial charge is 0.226 e. The van der Waals surface area contributed by atoms with E-state index in [1.165, 1.54) is 0 Å². The number of hydrogen-bond acceptors (Lipinski definition) is 3. The number of alkyl halides is 1. The van der Waals surface area contributed by atoms with E-state index in [4.69, 9.17) is 21.1 Å². The third-order valence-electron chi connectivity index (χ3n) is 2.88. The fraction of sp³-hybridized carbons (Fsp3) is 0.909. The maximum atomic E-state index is 11.9. The second-order valence-electron chi connectivity index (χ2n) is 4.11. The van der Waals surface area contributed by atoms with Crippen LogP contribution >= 0.6 is 11.6 Å². The van der Waals surface area contributed by atoms with Crippen LogP contribution in [0.4, 0.5) is 0 Å². The molecule has 1 fully saturated rings. The molecule has 1 aliphatic rings. The molecule has 0 radical (unpaired) electrons. The molecule has 1 heterocycles. The lowest BCUT2D eigenvalue weighted by atomic mass is 10.0. The van der Waals surface area contributed by atoms with Crippen molar-refractivity contribution in [3.8, 4) is 0 Å². The Balaban J connectivity index is 2.40. The molecule has 16 heavy (non-hydrogen) atoms. The number of halogens is 1. The standard InChI is InChI=1S/C11H20ClNO3/c1-8-10(4-6-16-8)11(14)13-9(3-5-12)7-15-2/h8-10H,3-7H2,1-2H3,(H,13,14). The zero-order valence-corrected chi connectivity index (χ0v) is 10.6. The predicted molar refractivity (Wildman–Crippen MR) is 62.7 cm³/mol. The van der Waals surface area contributed by atoms with Gasteiger partial charge in [0.25, 0.3) is 0 Å². The first kappa shape index (κ1) is 13.7. The molecule has 0 aromatic carbocycles. The Bertz CT molecular complexity index is 219. The van der Waals surface area contributed by atoms with Crippen molar-refractivity contribution in [1.82, 2.24) is 5.32 Å². The molecule has 0 aromatic rings. The number of carbonyl (C=O) groups is 1. The highest BCUT2D eigenvalue weighted by Crippen LogP contribution is 2.20. The number of methoxy groups -OCH3 is 1. The van der Waals surface area contributed by atoms with Crippen molar-refractivity contribution in [3.05, 3.63) is 0 Å². The average molecular weight is 250 g/mol. The summed E-state index contributed by atoms with van der Waals surface area (Å²) < 4.78 is 10.4. The van der Waals surface area contributed by atoms with Crippen LogP contribution < -0.4 is 5.32 Å². The molecule has 0 aromatic heterocycles. The van der Waals surface area contributed by atoms with Gasteiger partial charge < -0.3 is 14.8 Å². The molecule has 3 atom stereocenters. The van der Waals surface area contributed by atoms with Gasteiger partial charge in [-0.25, -0.2) is 0 Å². The lowest BCUT2D eigenvalue weighted by Crippen LogP contribution is -2.43. The summed E-state index contributed by atoms with van der Waals surface area (Å²) in [5.74, 6) is 0.539. The maximum Gasteiger partial charge on any atom is 0.226 e. The summed E-state index contributed by atoms with van der Waals surface area (Å²) in [5.41, 5.74) is 0. The van der Waals surface area contributed by atoms with Crippen LogP contribution in [-0.4, -0.2) is 44.3 Å². The minimum Gasteiger partial charge on any atom is -0.383 e.